The molecule has 2 N–H and O–H groups in total. The summed E-state index contributed by atoms with van der Waals surface area (Å²) < 4.78 is 4.93. The third-order valence-corrected chi connectivity index (χ3v) is 5.70. The van der Waals surface area contributed by atoms with Crippen molar-refractivity contribution in [2.24, 2.45) is 23.5 Å². The van der Waals surface area contributed by atoms with Crippen LogP contribution >= 0.6 is 0 Å². The Hall–Kier alpha value is -0.650. The Kier molecular flexibility index (Phi) is 4.26. The van der Waals surface area contributed by atoms with Crippen LogP contribution in [0.5, 0.6) is 0 Å². The summed E-state index contributed by atoms with van der Waals surface area (Å²) in [5, 5.41) is 0. The average molecular weight is 295 g/mol. The average Bonchev–Trinajstić information content (AvgIpc) is 2.86. The molecule has 0 radical (unpaired) electrons. The number of likely N-dealkylation sites (tertiary alicyclic amines) is 1. The molecule has 4 aliphatic heterocycles. The van der Waals surface area contributed by atoms with Crippen LogP contribution in [0.4, 0.5) is 0 Å². The van der Waals surface area contributed by atoms with E-state index in [4.69, 9.17) is 10.5 Å². The molecule has 0 aromatic rings. The van der Waals surface area contributed by atoms with Gasteiger partial charge in [0, 0.05) is 19.1 Å². The number of nitrogens with zero attached hydrogens (tertiary/aromatic N) is 2. The molecule has 4 saturated heterocycles. The van der Waals surface area contributed by atoms with E-state index in [-0.39, 0.29) is 12.0 Å². The number of carbonyl (C=O) groups is 1. The van der Waals surface area contributed by atoms with E-state index >= 15 is 0 Å². The Morgan fingerprint density at radius 3 is 2.57 bits per heavy atom. The van der Waals surface area contributed by atoms with Crippen LogP contribution in [0.2, 0.25) is 0 Å². The summed E-state index contributed by atoms with van der Waals surface area (Å²) in [6.07, 6.45) is 2.63. The van der Waals surface area contributed by atoms with E-state index < -0.39 is 6.04 Å². The quantitative estimate of drug-likeness (QED) is 0.767. The molecule has 0 aliphatic carbocycles. The largest absolute Gasteiger partial charge is 0.468 e. The number of nitrogens with two attached hydrogens (primary N) is 1. The van der Waals surface area contributed by atoms with Crippen LogP contribution < -0.4 is 5.73 Å². The van der Waals surface area contributed by atoms with Crippen molar-refractivity contribution in [2.75, 3.05) is 33.3 Å². The Bertz CT molecular complexity index is 393. The monoisotopic (exact) mass is 295 g/mol. The number of hydrogen-bond acceptors (Lipinski definition) is 5. The van der Waals surface area contributed by atoms with Gasteiger partial charge >= 0.3 is 5.97 Å². The van der Waals surface area contributed by atoms with Crippen molar-refractivity contribution in [3.8, 4) is 0 Å². The van der Waals surface area contributed by atoms with Crippen molar-refractivity contribution in [3.05, 3.63) is 0 Å². The molecule has 4 fully saturated rings. The minimum Gasteiger partial charge on any atom is -0.468 e. The molecular weight excluding hydrogens is 266 g/mol. The fourth-order valence-corrected chi connectivity index (χ4v) is 4.91. The molecule has 2 bridgehead atoms. The van der Waals surface area contributed by atoms with Gasteiger partial charge in [0.05, 0.1) is 13.2 Å². The van der Waals surface area contributed by atoms with Crippen molar-refractivity contribution in [1.82, 2.24) is 9.80 Å². The zero-order valence-corrected chi connectivity index (χ0v) is 13.5. The van der Waals surface area contributed by atoms with Crippen LogP contribution in [0.15, 0.2) is 0 Å². The molecule has 4 unspecified atom stereocenters. The van der Waals surface area contributed by atoms with Gasteiger partial charge in [0.25, 0.3) is 0 Å². The van der Waals surface area contributed by atoms with Gasteiger partial charge in [-0.3, -0.25) is 14.6 Å². The van der Waals surface area contributed by atoms with Gasteiger partial charge in [-0.2, -0.15) is 0 Å². The lowest BCUT2D eigenvalue weighted by molar-refractivity contribution is -0.144. The number of fused-ring (bicyclic) bond motifs is 2. The Morgan fingerprint density at radius 1 is 1.33 bits per heavy atom. The number of esters is 1. The molecule has 0 aromatic carbocycles. The van der Waals surface area contributed by atoms with Crippen LogP contribution in [0, 0.1) is 17.8 Å². The zero-order chi connectivity index (χ0) is 15.1. The summed E-state index contributed by atoms with van der Waals surface area (Å²) in [6, 6.07) is 0.0430. The van der Waals surface area contributed by atoms with Gasteiger partial charge in [-0.25, -0.2) is 0 Å². The highest BCUT2D eigenvalue weighted by atomic mass is 16.5. The molecule has 120 valence electrons. The van der Waals surface area contributed by atoms with Crippen LogP contribution in [-0.2, 0) is 9.53 Å². The molecule has 4 atom stereocenters. The van der Waals surface area contributed by atoms with Gasteiger partial charge in [0.2, 0.25) is 0 Å². The molecule has 0 aromatic heterocycles. The number of piperidine rings is 3. The van der Waals surface area contributed by atoms with E-state index in [1.807, 2.05) is 0 Å². The highest BCUT2D eigenvalue weighted by molar-refractivity contribution is 5.76. The summed E-state index contributed by atoms with van der Waals surface area (Å²) in [5.41, 5.74) is 6.30. The maximum Gasteiger partial charge on any atom is 0.324 e. The fourth-order valence-electron chi connectivity index (χ4n) is 4.91. The minimum absolute atomic E-state index is 0.118. The molecule has 0 spiro atoms. The number of carbonyl (C=O) groups excluding carboxylic acids is 1. The lowest BCUT2D eigenvalue weighted by Gasteiger charge is -2.50. The first-order chi connectivity index (χ1) is 10.0. The van der Waals surface area contributed by atoms with Gasteiger partial charge < -0.3 is 10.5 Å². The second-order valence-corrected chi connectivity index (χ2v) is 7.42. The van der Waals surface area contributed by atoms with Crippen LogP contribution in [0.3, 0.4) is 0 Å². The molecule has 5 heteroatoms. The van der Waals surface area contributed by atoms with E-state index in [9.17, 15) is 4.79 Å². The number of rotatable bonds is 4. The molecule has 4 rings (SSSR count). The first-order valence-corrected chi connectivity index (χ1v) is 8.34. The molecule has 5 nitrogen and oxygen atoms in total. The molecule has 0 amide bonds. The van der Waals surface area contributed by atoms with E-state index in [0.717, 1.165) is 19.0 Å². The summed E-state index contributed by atoms with van der Waals surface area (Å²) in [7, 11) is 1.44. The third kappa shape index (κ3) is 2.60. The van der Waals surface area contributed by atoms with E-state index in [1.165, 1.54) is 33.0 Å². The number of hydrogen-bond donors (Lipinski definition) is 1. The first-order valence-electron chi connectivity index (χ1n) is 8.34. The summed E-state index contributed by atoms with van der Waals surface area (Å²) in [5.74, 6) is 1.83. The smallest absolute Gasteiger partial charge is 0.324 e. The van der Waals surface area contributed by atoms with Crippen molar-refractivity contribution < 1.29 is 9.53 Å². The van der Waals surface area contributed by atoms with Crippen molar-refractivity contribution in [2.45, 2.75) is 44.8 Å². The van der Waals surface area contributed by atoms with Gasteiger partial charge in [-0.1, -0.05) is 13.8 Å². The van der Waals surface area contributed by atoms with Gasteiger partial charge in [-0.05, 0) is 43.7 Å². The van der Waals surface area contributed by atoms with Crippen LogP contribution in [0.1, 0.15) is 26.7 Å². The summed E-state index contributed by atoms with van der Waals surface area (Å²) in [4.78, 5) is 17.1. The van der Waals surface area contributed by atoms with Crippen LogP contribution in [0.25, 0.3) is 0 Å². The topological polar surface area (TPSA) is 58.8 Å². The van der Waals surface area contributed by atoms with Crippen molar-refractivity contribution in [3.63, 3.8) is 0 Å². The van der Waals surface area contributed by atoms with Gasteiger partial charge in [-0.15, -0.1) is 0 Å². The van der Waals surface area contributed by atoms with Gasteiger partial charge in [0.1, 0.15) is 6.04 Å². The summed E-state index contributed by atoms with van der Waals surface area (Å²) in [6.45, 7) is 8.93. The highest BCUT2D eigenvalue weighted by Crippen LogP contribution is 2.44. The van der Waals surface area contributed by atoms with Crippen molar-refractivity contribution >= 4 is 5.97 Å². The second kappa shape index (κ2) is 5.86. The SMILES string of the molecule is COC(=O)C(N)C1C2C(CN1CC(C)C)C1CCN2CC1. The van der Waals surface area contributed by atoms with Crippen molar-refractivity contribution in [1.29, 1.82) is 0 Å². The number of ether oxygens (including phenoxy) is 1. The highest BCUT2D eigenvalue weighted by Gasteiger charge is 2.55. The number of methoxy groups -OCH3 is 1. The van der Waals surface area contributed by atoms with Gasteiger partial charge in [0.15, 0.2) is 0 Å². The van der Waals surface area contributed by atoms with E-state index in [2.05, 4.69) is 23.6 Å². The normalized spacial score (nSPS) is 40.3. The molecular formula is C16H29N3O2. The zero-order valence-electron chi connectivity index (χ0n) is 13.5. The first kappa shape index (κ1) is 15.3. The Balaban J connectivity index is 1.85. The Labute approximate surface area is 127 Å². The lowest BCUT2D eigenvalue weighted by atomic mass is 9.73. The van der Waals surface area contributed by atoms with Crippen LogP contribution in [-0.4, -0.2) is 67.2 Å². The molecule has 21 heavy (non-hydrogen) atoms. The van der Waals surface area contributed by atoms with E-state index in [1.54, 1.807) is 0 Å². The lowest BCUT2D eigenvalue weighted by Crippen LogP contribution is -2.62. The predicted molar refractivity (Wildman–Crippen MR) is 81.8 cm³/mol. The molecule has 4 heterocycles. The fraction of sp³-hybridized carbons (Fsp3) is 0.938. The maximum atomic E-state index is 12.0. The minimum atomic E-state index is -0.525. The molecule has 0 saturated carbocycles. The standard InChI is InChI=1S/C16H29N3O2/c1-10(2)8-19-9-12-11-4-6-18(7-5-11)14(12)15(19)13(17)16(20)21-3/h10-15H,4-9,17H2,1-3H3. The third-order valence-electron chi connectivity index (χ3n) is 5.70. The van der Waals surface area contributed by atoms with E-state index in [0.29, 0.717) is 17.9 Å². The Morgan fingerprint density at radius 2 is 2.00 bits per heavy atom. The summed E-state index contributed by atoms with van der Waals surface area (Å²) >= 11 is 0. The second-order valence-electron chi connectivity index (χ2n) is 7.42. The maximum absolute atomic E-state index is 12.0. The predicted octanol–water partition coefficient (Wildman–Crippen LogP) is 0.537. The molecule has 4 aliphatic rings.